The summed E-state index contributed by atoms with van der Waals surface area (Å²) in [5.41, 5.74) is 1.07. The van der Waals surface area contributed by atoms with Crippen LogP contribution in [0.25, 0.3) is 10.9 Å². The number of fused-ring (bicyclic) bond motifs is 1. The van der Waals surface area contributed by atoms with E-state index in [2.05, 4.69) is 34.4 Å². The van der Waals surface area contributed by atoms with Crippen molar-refractivity contribution in [3.8, 4) is 0 Å². The quantitative estimate of drug-likeness (QED) is 0.676. The molecule has 0 bridgehead atoms. The van der Waals surface area contributed by atoms with Crippen molar-refractivity contribution in [1.29, 1.82) is 0 Å². The number of nitrogens with one attached hydrogen (secondary N) is 3. The van der Waals surface area contributed by atoms with Crippen LogP contribution in [0.4, 0.5) is 10.5 Å². The summed E-state index contributed by atoms with van der Waals surface area (Å²) in [4.78, 5) is 31.1. The van der Waals surface area contributed by atoms with Gasteiger partial charge in [-0.25, -0.2) is 9.78 Å². The third kappa shape index (κ3) is 4.22. The first-order valence-corrected chi connectivity index (χ1v) is 8.97. The second kappa shape index (κ2) is 7.07. The molecule has 2 atom stereocenters. The van der Waals surface area contributed by atoms with E-state index in [9.17, 15) is 14.7 Å². The van der Waals surface area contributed by atoms with Crippen LogP contribution < -0.4 is 16.2 Å². The number of carbonyl (C=O) groups is 1. The maximum absolute atomic E-state index is 12.2. The lowest BCUT2D eigenvalue weighted by Gasteiger charge is -2.38. The fourth-order valence-corrected chi connectivity index (χ4v) is 3.66. The molecule has 0 aliphatic heterocycles. The number of anilines is 1. The van der Waals surface area contributed by atoms with Crippen LogP contribution in [0, 0.1) is 18.3 Å². The van der Waals surface area contributed by atoms with Gasteiger partial charge in [-0.3, -0.25) is 4.79 Å². The van der Waals surface area contributed by atoms with Gasteiger partial charge in [0.2, 0.25) is 0 Å². The maximum atomic E-state index is 12.2. The Bertz CT molecular complexity index is 875. The topological polar surface area (TPSA) is 107 Å². The molecule has 2 aromatic rings. The van der Waals surface area contributed by atoms with Gasteiger partial charge >= 0.3 is 6.03 Å². The fourth-order valence-electron chi connectivity index (χ4n) is 3.66. The van der Waals surface area contributed by atoms with Crippen molar-refractivity contribution in [1.82, 2.24) is 15.3 Å². The van der Waals surface area contributed by atoms with Crippen LogP contribution in [0.1, 0.15) is 38.9 Å². The van der Waals surface area contributed by atoms with Crippen molar-refractivity contribution < 1.29 is 9.90 Å². The molecule has 1 aliphatic rings. The van der Waals surface area contributed by atoms with Crippen LogP contribution >= 0.6 is 0 Å². The Morgan fingerprint density at radius 1 is 1.42 bits per heavy atom. The zero-order valence-corrected chi connectivity index (χ0v) is 15.4. The Morgan fingerprint density at radius 3 is 2.96 bits per heavy atom. The minimum absolute atomic E-state index is 0.0520. The number of amides is 2. The number of aromatic amines is 1. The van der Waals surface area contributed by atoms with Crippen molar-refractivity contribution >= 4 is 22.6 Å². The molecule has 2 amide bonds. The molecule has 7 nitrogen and oxygen atoms in total. The van der Waals surface area contributed by atoms with E-state index >= 15 is 0 Å². The van der Waals surface area contributed by atoms with Gasteiger partial charge < -0.3 is 20.7 Å². The van der Waals surface area contributed by atoms with Crippen LogP contribution in [0.2, 0.25) is 0 Å². The van der Waals surface area contributed by atoms with E-state index in [4.69, 9.17) is 0 Å². The fraction of sp³-hybridized carbons (Fsp3) is 0.526. The minimum Gasteiger partial charge on any atom is -0.393 e. The zero-order chi connectivity index (χ0) is 18.9. The van der Waals surface area contributed by atoms with Crippen molar-refractivity contribution in [3.63, 3.8) is 0 Å². The summed E-state index contributed by atoms with van der Waals surface area (Å²) in [5, 5.41) is 16.2. The molecule has 2 unspecified atom stereocenters. The molecule has 1 fully saturated rings. The van der Waals surface area contributed by atoms with Gasteiger partial charge in [0.05, 0.1) is 17.0 Å². The minimum atomic E-state index is -0.378. The Kier molecular flexibility index (Phi) is 5.00. The number of benzene rings is 1. The molecule has 0 radical (unpaired) electrons. The van der Waals surface area contributed by atoms with Crippen LogP contribution in [0.15, 0.2) is 23.0 Å². The molecule has 1 aliphatic carbocycles. The number of rotatable bonds is 3. The van der Waals surface area contributed by atoms with E-state index < -0.39 is 0 Å². The van der Waals surface area contributed by atoms with Gasteiger partial charge in [0.1, 0.15) is 5.82 Å². The summed E-state index contributed by atoms with van der Waals surface area (Å²) in [5.74, 6) is 0.603. The smallest absolute Gasteiger partial charge is 0.319 e. The molecule has 1 aromatic heterocycles. The van der Waals surface area contributed by atoms with Crippen LogP contribution in [0.5, 0.6) is 0 Å². The van der Waals surface area contributed by atoms with Gasteiger partial charge in [0, 0.05) is 18.2 Å². The molecule has 3 rings (SSSR count). The number of hydrogen-bond donors (Lipinski definition) is 4. The van der Waals surface area contributed by atoms with E-state index in [0.717, 1.165) is 19.3 Å². The van der Waals surface area contributed by atoms with Crippen molar-refractivity contribution in [2.24, 2.45) is 11.3 Å². The van der Waals surface area contributed by atoms with Gasteiger partial charge in [0.15, 0.2) is 0 Å². The Labute approximate surface area is 152 Å². The summed E-state index contributed by atoms with van der Waals surface area (Å²) in [7, 11) is 0. The average molecular weight is 358 g/mol. The van der Waals surface area contributed by atoms with Crippen molar-refractivity contribution in [2.75, 3.05) is 11.9 Å². The highest BCUT2D eigenvalue weighted by Crippen LogP contribution is 2.38. The van der Waals surface area contributed by atoms with E-state index in [1.807, 2.05) is 0 Å². The third-order valence-corrected chi connectivity index (χ3v) is 5.08. The Hall–Kier alpha value is -2.41. The molecule has 1 saturated carbocycles. The number of aliphatic hydroxyl groups is 1. The second-order valence-electron chi connectivity index (χ2n) is 7.95. The normalized spacial score (nSPS) is 22.2. The highest BCUT2D eigenvalue weighted by atomic mass is 16.3. The monoisotopic (exact) mass is 358 g/mol. The zero-order valence-electron chi connectivity index (χ0n) is 15.4. The first-order valence-electron chi connectivity index (χ1n) is 8.97. The van der Waals surface area contributed by atoms with E-state index in [0.29, 0.717) is 29.0 Å². The number of carbonyl (C=O) groups excluding carboxylic acids is 1. The predicted molar refractivity (Wildman–Crippen MR) is 101 cm³/mol. The van der Waals surface area contributed by atoms with E-state index in [-0.39, 0.29) is 29.0 Å². The Morgan fingerprint density at radius 2 is 2.19 bits per heavy atom. The molecule has 1 aromatic carbocycles. The SMILES string of the molecule is Cc1nc2ccc(NC(=O)NCC3CC(C)(C)CCC3O)cc2c(=O)[nH]1. The van der Waals surface area contributed by atoms with Crippen molar-refractivity contribution in [3.05, 3.63) is 34.4 Å². The van der Waals surface area contributed by atoms with Gasteiger partial charge in [-0.05, 0) is 49.8 Å². The highest BCUT2D eigenvalue weighted by Gasteiger charge is 2.33. The number of aryl methyl sites for hydroxylation is 1. The van der Waals surface area contributed by atoms with Gasteiger partial charge in [-0.2, -0.15) is 0 Å². The van der Waals surface area contributed by atoms with Crippen LogP contribution in [-0.2, 0) is 0 Å². The lowest BCUT2D eigenvalue weighted by atomic mass is 9.71. The summed E-state index contributed by atoms with van der Waals surface area (Å²) in [6.45, 7) is 6.52. The maximum Gasteiger partial charge on any atom is 0.319 e. The summed E-state index contributed by atoms with van der Waals surface area (Å²) in [6, 6.07) is 4.68. The van der Waals surface area contributed by atoms with Crippen LogP contribution in [-0.4, -0.2) is 33.8 Å². The number of nitrogens with zero attached hydrogens (tertiary/aromatic N) is 1. The molecule has 0 saturated heterocycles. The Balaban J connectivity index is 1.63. The standard InChI is InChI=1S/C19H26N4O3/c1-11-21-15-5-4-13(8-14(15)17(25)22-11)23-18(26)20-10-12-9-19(2,3)7-6-16(12)24/h4-5,8,12,16,24H,6-7,9-10H2,1-3H3,(H2,20,23,26)(H,21,22,25). The second-order valence-corrected chi connectivity index (χ2v) is 7.95. The third-order valence-electron chi connectivity index (χ3n) is 5.08. The first kappa shape index (κ1) is 18.4. The van der Waals surface area contributed by atoms with Crippen LogP contribution in [0.3, 0.4) is 0 Å². The molecule has 140 valence electrons. The molecule has 1 heterocycles. The van der Waals surface area contributed by atoms with Gasteiger partial charge in [-0.1, -0.05) is 13.8 Å². The first-order chi connectivity index (χ1) is 12.2. The molecule has 7 heteroatoms. The lowest BCUT2D eigenvalue weighted by Crippen LogP contribution is -2.42. The number of H-pyrrole nitrogens is 1. The summed E-state index contributed by atoms with van der Waals surface area (Å²) < 4.78 is 0. The molecule has 4 N–H and O–H groups in total. The molecular weight excluding hydrogens is 332 g/mol. The van der Waals surface area contributed by atoms with E-state index in [1.54, 1.807) is 25.1 Å². The number of aromatic nitrogens is 2. The van der Waals surface area contributed by atoms with Gasteiger partial charge in [0.25, 0.3) is 5.56 Å². The summed E-state index contributed by atoms with van der Waals surface area (Å²) >= 11 is 0. The molecule has 0 spiro atoms. The lowest BCUT2D eigenvalue weighted by molar-refractivity contribution is 0.0233. The number of hydrogen-bond acceptors (Lipinski definition) is 4. The highest BCUT2D eigenvalue weighted by molar-refractivity contribution is 5.92. The predicted octanol–water partition coefficient (Wildman–Crippen LogP) is 2.54. The molecule has 26 heavy (non-hydrogen) atoms. The number of urea groups is 1. The van der Waals surface area contributed by atoms with Gasteiger partial charge in [-0.15, -0.1) is 0 Å². The summed E-state index contributed by atoms with van der Waals surface area (Å²) in [6.07, 6.45) is 2.26. The average Bonchev–Trinajstić information content (AvgIpc) is 2.56. The molecular formula is C19H26N4O3. The van der Waals surface area contributed by atoms with Crippen molar-refractivity contribution in [2.45, 2.75) is 46.1 Å². The van der Waals surface area contributed by atoms with E-state index in [1.165, 1.54) is 0 Å². The largest absolute Gasteiger partial charge is 0.393 e. The number of aliphatic hydroxyl groups excluding tert-OH is 1.